The van der Waals surface area contributed by atoms with Crippen LogP contribution in [0.25, 0.3) is 21.3 Å². The SMILES string of the molecule is N#C[N-]C#N.N#C[N-]C#N.N#C[N-]C#N.N#C[N-]C#N.[Ni+2].[Zn+2]. The summed E-state index contributed by atoms with van der Waals surface area (Å²) in [4.78, 5) is 0. The fraction of sp³-hybridized carbons (Fsp3) is 0. The maximum atomic E-state index is 7.43. The summed E-state index contributed by atoms with van der Waals surface area (Å²) < 4.78 is 0. The summed E-state index contributed by atoms with van der Waals surface area (Å²) in [6.07, 6.45) is 10.2. The van der Waals surface area contributed by atoms with Gasteiger partial charge in [0.15, 0.2) is 0 Å². The fourth-order valence-corrected chi connectivity index (χ4v) is 0.0894. The number of rotatable bonds is 0. The molecule has 104 valence electrons. The molecular weight excluding hydrogens is 388 g/mol. The molecule has 0 heterocycles. The summed E-state index contributed by atoms with van der Waals surface area (Å²) in [5.74, 6) is 0. The molecule has 0 spiro atoms. The molecule has 0 bridgehead atoms. The maximum Gasteiger partial charge on any atom is 2.00 e. The van der Waals surface area contributed by atoms with Gasteiger partial charge in [-0.2, -0.15) is 0 Å². The first-order valence-electron chi connectivity index (χ1n) is 3.58. The van der Waals surface area contributed by atoms with Crippen molar-refractivity contribution in [2.24, 2.45) is 0 Å². The van der Waals surface area contributed by atoms with Crippen molar-refractivity contribution in [1.29, 1.82) is 42.1 Å². The minimum Gasteiger partial charge on any atom is -0.385 e. The summed E-state index contributed by atoms with van der Waals surface area (Å²) in [5, 5.41) is 69.8. The molecule has 0 aliphatic carbocycles. The largest absolute Gasteiger partial charge is 2.00 e. The molecule has 12 nitrogen and oxygen atoms in total. The van der Waals surface area contributed by atoms with Crippen LogP contribution in [0.15, 0.2) is 0 Å². The van der Waals surface area contributed by atoms with Crippen LogP contribution in [0.3, 0.4) is 0 Å². The molecule has 0 aliphatic heterocycles. The summed E-state index contributed by atoms with van der Waals surface area (Å²) in [7, 11) is 0. The van der Waals surface area contributed by atoms with Crippen LogP contribution in [0.1, 0.15) is 0 Å². The van der Waals surface area contributed by atoms with Gasteiger partial charge in [-0.3, -0.25) is 21.3 Å². The number of hydrogen-bond acceptors (Lipinski definition) is 8. The van der Waals surface area contributed by atoms with Crippen LogP contribution in [0.5, 0.6) is 0 Å². The summed E-state index contributed by atoms with van der Waals surface area (Å²) in [6, 6.07) is 0. The van der Waals surface area contributed by atoms with Crippen molar-refractivity contribution >= 4 is 0 Å². The van der Waals surface area contributed by atoms with E-state index in [1.807, 2.05) is 0 Å². The zero-order chi connectivity index (χ0) is 16.5. The van der Waals surface area contributed by atoms with Crippen molar-refractivity contribution in [3.05, 3.63) is 21.3 Å². The minimum atomic E-state index is 0. The van der Waals surface area contributed by atoms with Gasteiger partial charge in [0.2, 0.25) is 0 Å². The Morgan fingerprint density at radius 2 is 0.455 bits per heavy atom. The predicted molar refractivity (Wildman–Crippen MR) is 58.3 cm³/mol. The molecule has 0 saturated carbocycles. The molecule has 0 aromatic heterocycles. The molecule has 0 amide bonds. The predicted octanol–water partition coefficient (Wildman–Crippen LogP) is 1.28. The molecule has 0 N–H and O–H groups in total. The summed E-state index contributed by atoms with van der Waals surface area (Å²) in [6.45, 7) is 0. The van der Waals surface area contributed by atoms with Gasteiger partial charge in [-0.1, -0.05) is 0 Å². The van der Waals surface area contributed by atoms with Crippen molar-refractivity contribution < 1.29 is 36.0 Å². The Morgan fingerprint density at radius 1 is 0.364 bits per heavy atom. The smallest absolute Gasteiger partial charge is 0.385 e. The normalized spacial score (nSPS) is 3.27. The second-order valence-corrected chi connectivity index (χ2v) is 1.25. The summed E-state index contributed by atoms with van der Waals surface area (Å²) >= 11 is 0. The molecule has 0 aromatic carbocycles. The maximum absolute atomic E-state index is 7.43. The van der Waals surface area contributed by atoms with E-state index in [0.717, 1.165) is 0 Å². The van der Waals surface area contributed by atoms with Gasteiger partial charge in [-0.25, -0.2) is 0 Å². The number of hydrogen-bond donors (Lipinski definition) is 0. The topological polar surface area (TPSA) is 247 Å². The average molecular weight is 388 g/mol. The Morgan fingerprint density at radius 3 is 0.455 bits per heavy atom. The third-order valence-corrected chi connectivity index (χ3v) is 0.400. The first kappa shape index (κ1) is 36.2. The van der Waals surface area contributed by atoms with Crippen molar-refractivity contribution in [2.75, 3.05) is 0 Å². The molecule has 22 heavy (non-hydrogen) atoms. The standard InChI is InChI=1S/4C2N3.Ni.Zn/c4*3-1-5-2-4;;/q4*-1;2*+2. The monoisotopic (exact) mass is 386 g/mol. The van der Waals surface area contributed by atoms with E-state index in [1.165, 1.54) is 49.5 Å². The van der Waals surface area contributed by atoms with Crippen LogP contribution in [0.4, 0.5) is 0 Å². The zero-order valence-electron chi connectivity index (χ0n) is 10.4. The fourth-order valence-electron chi connectivity index (χ4n) is 0.0894. The van der Waals surface area contributed by atoms with E-state index in [4.69, 9.17) is 42.1 Å². The van der Waals surface area contributed by atoms with E-state index in [2.05, 4.69) is 21.3 Å². The molecule has 0 saturated heterocycles. The Labute approximate surface area is 149 Å². The van der Waals surface area contributed by atoms with Gasteiger partial charge in [-0.05, 0) is 0 Å². The second kappa shape index (κ2) is 67.0. The third-order valence-electron chi connectivity index (χ3n) is 0.400. The molecule has 0 aromatic rings. The molecule has 0 radical (unpaired) electrons. The first-order valence-corrected chi connectivity index (χ1v) is 3.58. The van der Waals surface area contributed by atoms with Crippen molar-refractivity contribution in [2.45, 2.75) is 0 Å². The van der Waals surface area contributed by atoms with Crippen LogP contribution < -0.4 is 0 Å². The number of nitrogens with zero attached hydrogens (tertiary/aromatic N) is 12. The number of nitriles is 8. The molecule has 0 rings (SSSR count). The molecule has 0 atom stereocenters. The zero-order valence-corrected chi connectivity index (χ0v) is 14.3. The van der Waals surface area contributed by atoms with Gasteiger partial charge in [0.1, 0.15) is 0 Å². The van der Waals surface area contributed by atoms with Crippen LogP contribution in [0.2, 0.25) is 0 Å². The van der Waals surface area contributed by atoms with Gasteiger partial charge in [-0.15, -0.1) is 0 Å². The van der Waals surface area contributed by atoms with Crippen LogP contribution in [0, 0.1) is 91.6 Å². The second-order valence-electron chi connectivity index (χ2n) is 1.25. The van der Waals surface area contributed by atoms with Crippen LogP contribution in [-0.4, -0.2) is 0 Å². The van der Waals surface area contributed by atoms with Gasteiger partial charge < -0.3 is 42.1 Å². The Bertz CT molecular complexity index is 396. The van der Waals surface area contributed by atoms with E-state index in [-0.39, 0.29) is 36.0 Å². The molecule has 0 fully saturated rings. The van der Waals surface area contributed by atoms with Gasteiger partial charge in [0.25, 0.3) is 0 Å². The van der Waals surface area contributed by atoms with E-state index in [1.54, 1.807) is 0 Å². The van der Waals surface area contributed by atoms with E-state index in [0.29, 0.717) is 0 Å². The van der Waals surface area contributed by atoms with E-state index >= 15 is 0 Å². The van der Waals surface area contributed by atoms with Gasteiger partial charge >= 0.3 is 36.0 Å². The third kappa shape index (κ3) is 210. The van der Waals surface area contributed by atoms with E-state index < -0.39 is 0 Å². The van der Waals surface area contributed by atoms with Gasteiger partial charge in [0.05, 0.1) is 0 Å². The van der Waals surface area contributed by atoms with Gasteiger partial charge in [0, 0.05) is 49.5 Å². The minimum absolute atomic E-state index is 0. The molecule has 0 aliphatic rings. The van der Waals surface area contributed by atoms with E-state index in [9.17, 15) is 0 Å². The quantitative estimate of drug-likeness (QED) is 0.430. The summed E-state index contributed by atoms with van der Waals surface area (Å²) in [5.41, 5.74) is 0. The van der Waals surface area contributed by atoms with Crippen molar-refractivity contribution in [1.82, 2.24) is 0 Å². The van der Waals surface area contributed by atoms with Crippen LogP contribution >= 0.6 is 0 Å². The first-order chi connectivity index (χ1) is 9.66. The van der Waals surface area contributed by atoms with Crippen LogP contribution in [-0.2, 0) is 36.0 Å². The van der Waals surface area contributed by atoms with Crippen molar-refractivity contribution in [3.63, 3.8) is 0 Å². The Kier molecular flexibility index (Phi) is 110. The molecular formula is C8N12NiZn. The Balaban J connectivity index is -0.0000000376. The van der Waals surface area contributed by atoms with Crippen molar-refractivity contribution in [3.8, 4) is 49.5 Å². The molecule has 0 unspecified atom stereocenters. The average Bonchev–Trinajstić information content (AvgIpc) is 2.44. The Hall–Kier alpha value is -3.76. The molecule has 14 heteroatoms.